The molecule has 0 saturated carbocycles. The Hall–Kier alpha value is -9.97. The van der Waals surface area contributed by atoms with E-state index in [1.54, 1.807) is 0 Å². The van der Waals surface area contributed by atoms with Crippen molar-refractivity contribution in [3.05, 3.63) is 271 Å². The average Bonchev–Trinajstić information content (AvgIpc) is 4.29. The van der Waals surface area contributed by atoms with E-state index in [0.717, 1.165) is 77.0 Å². The molecule has 0 spiro atoms. The summed E-state index contributed by atoms with van der Waals surface area (Å²) in [5.74, 6) is 1.66. The molecule has 0 fully saturated rings. The van der Waals surface area contributed by atoms with E-state index in [2.05, 4.69) is 286 Å². The maximum atomic E-state index is 5.66. The summed E-state index contributed by atoms with van der Waals surface area (Å²) in [6.45, 7) is 9.39. The van der Waals surface area contributed by atoms with Gasteiger partial charge in [-0.25, -0.2) is 0 Å². The van der Waals surface area contributed by atoms with E-state index in [0.29, 0.717) is 17.7 Å². The number of benzene rings is 11. The van der Waals surface area contributed by atoms with Crippen LogP contribution >= 0.6 is 0 Å². The molecule has 0 bridgehead atoms. The van der Waals surface area contributed by atoms with E-state index in [-0.39, 0.29) is 10.8 Å². The number of aromatic nitrogens is 5. The average molecular weight is 1020 g/mol. The molecule has 0 N–H and O–H groups in total. The number of rotatable bonds is 7. The molecule has 0 saturated heterocycles. The van der Waals surface area contributed by atoms with Crippen LogP contribution < -0.4 is 0 Å². The van der Waals surface area contributed by atoms with Gasteiger partial charge in [-0.3, -0.25) is 9.13 Å². The zero-order valence-corrected chi connectivity index (χ0v) is 44.9. The minimum absolute atomic E-state index is 0.126. The maximum absolute atomic E-state index is 5.66. The van der Waals surface area contributed by atoms with Gasteiger partial charge in [0.2, 0.25) is 11.9 Å². The molecule has 2 aliphatic carbocycles. The lowest BCUT2D eigenvalue weighted by atomic mass is 9.81. The first-order chi connectivity index (χ1) is 39.2. The van der Waals surface area contributed by atoms with Crippen molar-refractivity contribution < 1.29 is 0 Å². The highest BCUT2D eigenvalue weighted by atomic mass is 15.3. The highest BCUT2D eigenvalue weighted by Crippen LogP contribution is 2.51. The van der Waals surface area contributed by atoms with Gasteiger partial charge < -0.3 is 0 Å². The van der Waals surface area contributed by atoms with Gasteiger partial charge in [0.05, 0.1) is 22.1 Å². The maximum Gasteiger partial charge on any atom is 0.240 e. The lowest BCUT2D eigenvalue weighted by molar-refractivity contribution is 0.660. The number of hydrogen-bond acceptors (Lipinski definition) is 3. The van der Waals surface area contributed by atoms with Crippen LogP contribution in [0.25, 0.3) is 134 Å². The molecule has 3 aromatic heterocycles. The Morgan fingerprint density at radius 1 is 0.250 bits per heavy atom. The van der Waals surface area contributed by atoms with E-state index in [9.17, 15) is 0 Å². The molecule has 378 valence electrons. The van der Waals surface area contributed by atoms with Crippen LogP contribution in [0.4, 0.5) is 0 Å². The summed E-state index contributed by atoms with van der Waals surface area (Å²) in [6, 6.07) is 90.8. The Balaban J connectivity index is 0.915. The van der Waals surface area contributed by atoms with Gasteiger partial charge in [-0.2, -0.15) is 15.0 Å². The molecule has 3 heterocycles. The summed E-state index contributed by atoms with van der Waals surface area (Å²) in [4.78, 5) is 16.8. The summed E-state index contributed by atoms with van der Waals surface area (Å²) in [5.41, 5.74) is 24.5. The standard InChI is InChI=1S/C75H53N5/c1-74(2)63-28-12-8-24-55(63)57-36-32-50(42-65(57)74)52-34-38-61-59-26-10-14-30-67(59)79(69(61)44-52)72-76-71(54-23-17-22-49(41-54)48-21-16-20-47(40-48)46-18-6-5-7-19-46)77-73(78-72)80-68-31-15-11-27-60(68)62-39-35-53(45-70(62)80)51-33-37-58-56-25-9-13-29-64(56)75(3,4)66(58)43-51/h5-45H,1-4H3. The number of para-hydroxylation sites is 2. The highest BCUT2D eigenvalue weighted by molar-refractivity contribution is 6.11. The predicted molar refractivity (Wildman–Crippen MR) is 331 cm³/mol. The van der Waals surface area contributed by atoms with Gasteiger partial charge in [-0.1, -0.05) is 228 Å². The highest BCUT2D eigenvalue weighted by Gasteiger charge is 2.37. The monoisotopic (exact) mass is 1020 g/mol. The summed E-state index contributed by atoms with van der Waals surface area (Å²) >= 11 is 0. The Morgan fingerprint density at radius 2 is 0.613 bits per heavy atom. The Kier molecular flexibility index (Phi) is 9.96. The fraction of sp³-hybridized carbons (Fsp3) is 0.0800. The van der Waals surface area contributed by atoms with Crippen molar-refractivity contribution in [2.24, 2.45) is 0 Å². The first-order valence-electron chi connectivity index (χ1n) is 27.7. The summed E-state index contributed by atoms with van der Waals surface area (Å²) in [5, 5.41) is 4.52. The van der Waals surface area contributed by atoms with E-state index < -0.39 is 0 Å². The van der Waals surface area contributed by atoms with Crippen molar-refractivity contribution in [1.82, 2.24) is 24.1 Å². The van der Waals surface area contributed by atoms with Crippen LogP contribution in [0.5, 0.6) is 0 Å². The summed E-state index contributed by atoms with van der Waals surface area (Å²) < 4.78 is 4.51. The zero-order chi connectivity index (χ0) is 53.4. The lowest BCUT2D eigenvalue weighted by Gasteiger charge is -2.22. The lowest BCUT2D eigenvalue weighted by Crippen LogP contribution is -2.14. The second kappa shape index (κ2) is 17.3. The van der Waals surface area contributed by atoms with E-state index in [1.165, 1.54) is 61.2 Å². The summed E-state index contributed by atoms with van der Waals surface area (Å²) in [7, 11) is 0. The van der Waals surface area contributed by atoms with Gasteiger partial charge >= 0.3 is 0 Å². The molecule has 0 amide bonds. The fourth-order valence-electron chi connectivity index (χ4n) is 13.5. The summed E-state index contributed by atoms with van der Waals surface area (Å²) in [6.07, 6.45) is 0. The van der Waals surface area contributed by atoms with Crippen molar-refractivity contribution >= 4 is 43.6 Å². The van der Waals surface area contributed by atoms with Crippen molar-refractivity contribution in [3.8, 4) is 90.0 Å². The largest absolute Gasteiger partial charge is 0.278 e. The molecule has 0 radical (unpaired) electrons. The number of nitrogens with zero attached hydrogens (tertiary/aromatic N) is 5. The molecule has 14 aromatic rings. The van der Waals surface area contributed by atoms with E-state index >= 15 is 0 Å². The van der Waals surface area contributed by atoms with Crippen LogP contribution in [0.2, 0.25) is 0 Å². The topological polar surface area (TPSA) is 48.5 Å². The van der Waals surface area contributed by atoms with Crippen LogP contribution in [0.3, 0.4) is 0 Å². The van der Waals surface area contributed by atoms with E-state index in [4.69, 9.17) is 15.0 Å². The van der Waals surface area contributed by atoms with Crippen molar-refractivity contribution in [2.45, 2.75) is 38.5 Å². The Bertz CT molecular complexity index is 4650. The first-order valence-corrected chi connectivity index (χ1v) is 27.7. The second-order valence-corrected chi connectivity index (χ2v) is 22.8. The van der Waals surface area contributed by atoms with Gasteiger partial charge in [0.25, 0.3) is 0 Å². The number of fused-ring (bicyclic) bond motifs is 12. The van der Waals surface area contributed by atoms with Crippen LogP contribution in [0.15, 0.2) is 249 Å². The molecule has 11 aromatic carbocycles. The van der Waals surface area contributed by atoms with Gasteiger partial charge in [0.1, 0.15) is 0 Å². The normalized spacial score (nSPS) is 13.7. The molecule has 0 atom stereocenters. The number of hydrogen-bond donors (Lipinski definition) is 0. The molecule has 0 aliphatic heterocycles. The van der Waals surface area contributed by atoms with Crippen LogP contribution in [0, 0.1) is 0 Å². The second-order valence-electron chi connectivity index (χ2n) is 22.8. The molecule has 5 nitrogen and oxygen atoms in total. The molecule has 5 heteroatoms. The van der Waals surface area contributed by atoms with Crippen LogP contribution in [0.1, 0.15) is 49.9 Å². The van der Waals surface area contributed by atoms with E-state index in [1.807, 2.05) is 0 Å². The van der Waals surface area contributed by atoms with Crippen LogP contribution in [-0.4, -0.2) is 24.1 Å². The van der Waals surface area contributed by atoms with Crippen molar-refractivity contribution in [1.29, 1.82) is 0 Å². The molecular weight excluding hydrogens is 971 g/mol. The minimum Gasteiger partial charge on any atom is -0.278 e. The van der Waals surface area contributed by atoms with Crippen LogP contribution in [-0.2, 0) is 10.8 Å². The third kappa shape index (κ3) is 6.93. The first kappa shape index (κ1) is 46.2. The third-order valence-corrected chi connectivity index (χ3v) is 17.6. The van der Waals surface area contributed by atoms with Gasteiger partial charge in [-0.15, -0.1) is 0 Å². The fourth-order valence-corrected chi connectivity index (χ4v) is 13.5. The quantitative estimate of drug-likeness (QED) is 0.160. The van der Waals surface area contributed by atoms with Crippen molar-refractivity contribution in [3.63, 3.8) is 0 Å². The smallest absolute Gasteiger partial charge is 0.240 e. The zero-order valence-electron chi connectivity index (χ0n) is 44.9. The van der Waals surface area contributed by atoms with Gasteiger partial charge in [-0.05, 0) is 138 Å². The minimum atomic E-state index is -0.126. The molecule has 80 heavy (non-hydrogen) atoms. The predicted octanol–water partition coefficient (Wildman–Crippen LogP) is 19.0. The van der Waals surface area contributed by atoms with Gasteiger partial charge in [0.15, 0.2) is 5.82 Å². The SMILES string of the molecule is CC1(C)c2ccccc2-c2ccc(-c3ccc4c5ccccc5n(-c5nc(-c6cccc(-c7cccc(-c8ccccc8)c7)c6)nc(-n6c7ccccc7c7ccc(-c8ccc9c(c8)C(C)(C)c8ccccc8-9)cc76)n5)c4c3)cc21. The molecule has 0 unspecified atom stereocenters. The Morgan fingerprint density at radius 3 is 1.14 bits per heavy atom. The molecule has 16 rings (SSSR count). The molecule has 2 aliphatic rings. The van der Waals surface area contributed by atoms with Crippen molar-refractivity contribution in [2.75, 3.05) is 0 Å². The Labute approximate surface area is 464 Å². The third-order valence-electron chi connectivity index (χ3n) is 17.6. The van der Waals surface area contributed by atoms with Gasteiger partial charge in [0, 0.05) is 37.9 Å². The molecular formula is C75H53N5.